The summed E-state index contributed by atoms with van der Waals surface area (Å²) in [5.41, 5.74) is 2.41. The first-order chi connectivity index (χ1) is 16.0. The average Bonchev–Trinajstić information content (AvgIpc) is 3.14. The summed E-state index contributed by atoms with van der Waals surface area (Å²) in [5, 5.41) is 23.3. The maximum atomic E-state index is 13.2. The molecule has 0 aromatic heterocycles. The second-order valence-corrected chi connectivity index (χ2v) is 8.52. The van der Waals surface area contributed by atoms with Crippen LogP contribution in [0, 0.1) is 5.92 Å². The standard InChI is InChI=1S/C27H34N2O4/c1-2-3-11-23-20-28(19-10-5-4-9-14-25(30)31)29(27(23)33)24-17-15-22(16-18-24)26(32)21-12-7-6-8-13-21/h5-8,10,12-13,15-18,23,26,32H,2-4,9,11,14,19-20H2,1H3,(H,30,31)/b10-5-. The van der Waals surface area contributed by atoms with E-state index in [0.717, 1.165) is 36.1 Å². The molecule has 2 unspecified atom stereocenters. The molecule has 2 aromatic rings. The minimum absolute atomic E-state index is 0.0278. The molecule has 1 aliphatic heterocycles. The normalized spacial score (nSPS) is 17.7. The number of carboxylic acid groups (broad SMARTS) is 1. The number of aliphatic hydroxyl groups excluding tert-OH is 1. The van der Waals surface area contributed by atoms with Crippen molar-refractivity contribution < 1.29 is 19.8 Å². The highest BCUT2D eigenvalue weighted by Crippen LogP contribution is 2.30. The molecule has 1 aliphatic rings. The van der Waals surface area contributed by atoms with Crippen LogP contribution in [0.3, 0.4) is 0 Å². The molecule has 2 aromatic carbocycles. The Kier molecular flexibility index (Phi) is 9.22. The highest BCUT2D eigenvalue weighted by Gasteiger charge is 2.37. The fraction of sp³-hybridized carbons (Fsp3) is 0.407. The van der Waals surface area contributed by atoms with E-state index in [0.29, 0.717) is 25.9 Å². The topological polar surface area (TPSA) is 81.1 Å². The van der Waals surface area contributed by atoms with Crippen LogP contribution in [0.4, 0.5) is 5.69 Å². The molecule has 6 heteroatoms. The Labute approximate surface area is 196 Å². The van der Waals surface area contributed by atoms with Crippen LogP contribution in [-0.2, 0) is 9.59 Å². The van der Waals surface area contributed by atoms with Crippen LogP contribution in [-0.4, -0.2) is 40.2 Å². The minimum Gasteiger partial charge on any atom is -0.481 e. The van der Waals surface area contributed by atoms with Crippen molar-refractivity contribution >= 4 is 17.6 Å². The first-order valence-electron chi connectivity index (χ1n) is 11.8. The van der Waals surface area contributed by atoms with Crippen molar-refractivity contribution in [3.05, 3.63) is 77.9 Å². The van der Waals surface area contributed by atoms with Crippen LogP contribution in [0.5, 0.6) is 0 Å². The van der Waals surface area contributed by atoms with E-state index in [1.807, 2.05) is 66.7 Å². The third-order valence-corrected chi connectivity index (χ3v) is 5.99. The third-order valence-electron chi connectivity index (χ3n) is 5.99. The van der Waals surface area contributed by atoms with E-state index in [-0.39, 0.29) is 18.2 Å². The van der Waals surface area contributed by atoms with Crippen LogP contribution in [0.1, 0.15) is 62.7 Å². The predicted molar refractivity (Wildman–Crippen MR) is 130 cm³/mol. The number of unbranched alkanes of at least 4 members (excludes halogenated alkanes) is 2. The van der Waals surface area contributed by atoms with Gasteiger partial charge >= 0.3 is 5.97 Å². The number of hydrogen-bond acceptors (Lipinski definition) is 4. The fourth-order valence-corrected chi connectivity index (χ4v) is 4.15. The molecule has 1 fully saturated rings. The number of carbonyl (C=O) groups excluding carboxylic acids is 1. The van der Waals surface area contributed by atoms with E-state index < -0.39 is 12.1 Å². The minimum atomic E-state index is -0.778. The Balaban J connectivity index is 1.71. The van der Waals surface area contributed by atoms with E-state index in [4.69, 9.17) is 5.11 Å². The molecule has 3 rings (SSSR count). The van der Waals surface area contributed by atoms with Gasteiger partial charge in [-0.3, -0.25) is 9.59 Å². The van der Waals surface area contributed by atoms with Crippen molar-refractivity contribution in [1.82, 2.24) is 5.01 Å². The van der Waals surface area contributed by atoms with E-state index in [1.54, 1.807) is 5.01 Å². The average molecular weight is 451 g/mol. The quantitative estimate of drug-likeness (QED) is 0.353. The summed E-state index contributed by atoms with van der Waals surface area (Å²) >= 11 is 0. The van der Waals surface area contributed by atoms with Crippen LogP contribution < -0.4 is 5.01 Å². The number of hydrazine groups is 1. The number of benzene rings is 2. The van der Waals surface area contributed by atoms with Crippen molar-refractivity contribution in [2.24, 2.45) is 5.92 Å². The smallest absolute Gasteiger partial charge is 0.303 e. The predicted octanol–water partition coefficient (Wildman–Crippen LogP) is 4.95. The van der Waals surface area contributed by atoms with Gasteiger partial charge in [-0.15, -0.1) is 0 Å². The Morgan fingerprint density at radius 1 is 1.06 bits per heavy atom. The molecule has 1 amide bonds. The van der Waals surface area contributed by atoms with Gasteiger partial charge in [-0.05, 0) is 42.5 Å². The number of aliphatic carboxylic acids is 1. The zero-order valence-corrected chi connectivity index (χ0v) is 19.3. The lowest BCUT2D eigenvalue weighted by molar-refractivity contribution is -0.137. The third kappa shape index (κ3) is 6.76. The Morgan fingerprint density at radius 2 is 1.76 bits per heavy atom. The summed E-state index contributed by atoms with van der Waals surface area (Å²) in [6.07, 6.45) is 7.72. The number of anilines is 1. The van der Waals surface area contributed by atoms with Gasteiger partial charge in [-0.25, -0.2) is 10.0 Å². The lowest BCUT2D eigenvalue weighted by Gasteiger charge is -2.27. The monoisotopic (exact) mass is 450 g/mol. The molecular weight excluding hydrogens is 416 g/mol. The molecule has 176 valence electrons. The van der Waals surface area contributed by atoms with Gasteiger partial charge in [0.05, 0.1) is 11.6 Å². The molecule has 2 atom stereocenters. The van der Waals surface area contributed by atoms with Gasteiger partial charge in [0.2, 0.25) is 5.91 Å². The van der Waals surface area contributed by atoms with Crippen molar-refractivity contribution in [1.29, 1.82) is 0 Å². The first kappa shape index (κ1) is 24.7. The van der Waals surface area contributed by atoms with E-state index in [9.17, 15) is 14.7 Å². The van der Waals surface area contributed by atoms with E-state index in [2.05, 4.69) is 11.9 Å². The number of rotatable bonds is 12. The zero-order chi connectivity index (χ0) is 23.6. The van der Waals surface area contributed by atoms with Gasteiger partial charge in [0.1, 0.15) is 6.10 Å². The van der Waals surface area contributed by atoms with Crippen molar-refractivity contribution in [2.45, 2.75) is 51.6 Å². The van der Waals surface area contributed by atoms with Crippen LogP contribution >= 0.6 is 0 Å². The number of aliphatic hydroxyl groups is 1. The SMILES string of the molecule is CCCCC1CN(C/C=C\CCCC(=O)O)N(c2ccc(C(O)c3ccccc3)cc2)C1=O. The summed E-state index contributed by atoms with van der Waals surface area (Å²) in [7, 11) is 0. The fourth-order valence-electron chi connectivity index (χ4n) is 4.15. The second-order valence-electron chi connectivity index (χ2n) is 8.52. The number of amides is 1. The van der Waals surface area contributed by atoms with Crippen LogP contribution in [0.15, 0.2) is 66.7 Å². The highest BCUT2D eigenvalue weighted by molar-refractivity contribution is 5.96. The van der Waals surface area contributed by atoms with Crippen molar-refractivity contribution in [2.75, 3.05) is 18.1 Å². The Bertz CT molecular complexity index is 927. The summed E-state index contributed by atoms with van der Waals surface area (Å²) < 4.78 is 0. The maximum Gasteiger partial charge on any atom is 0.303 e. The highest BCUT2D eigenvalue weighted by atomic mass is 16.4. The summed E-state index contributed by atoms with van der Waals surface area (Å²) in [4.78, 5) is 23.9. The zero-order valence-electron chi connectivity index (χ0n) is 19.3. The summed E-state index contributed by atoms with van der Waals surface area (Å²) in [5.74, 6) is -0.696. The molecule has 2 N–H and O–H groups in total. The second kappa shape index (κ2) is 12.3. The molecule has 1 heterocycles. The van der Waals surface area contributed by atoms with Crippen molar-refractivity contribution in [3.8, 4) is 0 Å². The van der Waals surface area contributed by atoms with Gasteiger partial charge < -0.3 is 10.2 Å². The van der Waals surface area contributed by atoms with Gasteiger partial charge in [0.15, 0.2) is 0 Å². The molecule has 1 saturated heterocycles. The Hall–Kier alpha value is -2.96. The molecule has 0 bridgehead atoms. The largest absolute Gasteiger partial charge is 0.481 e. The molecule has 33 heavy (non-hydrogen) atoms. The van der Waals surface area contributed by atoms with Crippen LogP contribution in [0.2, 0.25) is 0 Å². The van der Waals surface area contributed by atoms with E-state index in [1.165, 1.54) is 0 Å². The van der Waals surface area contributed by atoms with Crippen LogP contribution in [0.25, 0.3) is 0 Å². The molecule has 6 nitrogen and oxygen atoms in total. The maximum absolute atomic E-state index is 13.2. The molecule has 0 radical (unpaired) electrons. The number of allylic oxidation sites excluding steroid dienone is 1. The van der Waals surface area contributed by atoms with Crippen molar-refractivity contribution in [3.63, 3.8) is 0 Å². The Morgan fingerprint density at radius 3 is 2.42 bits per heavy atom. The first-order valence-corrected chi connectivity index (χ1v) is 11.8. The van der Waals surface area contributed by atoms with Gasteiger partial charge in [0.25, 0.3) is 0 Å². The molecule has 0 aliphatic carbocycles. The lowest BCUT2D eigenvalue weighted by Crippen LogP contribution is -2.39. The molecule has 0 spiro atoms. The lowest BCUT2D eigenvalue weighted by atomic mass is 10.0. The van der Waals surface area contributed by atoms with E-state index >= 15 is 0 Å². The number of hydrogen-bond donors (Lipinski definition) is 2. The van der Waals surface area contributed by atoms with Gasteiger partial charge in [-0.1, -0.05) is 74.4 Å². The summed E-state index contributed by atoms with van der Waals surface area (Å²) in [6, 6.07) is 17.0. The number of nitrogens with zero attached hydrogens (tertiary/aromatic N) is 2. The number of carboxylic acids is 1. The van der Waals surface area contributed by atoms with Gasteiger partial charge in [-0.2, -0.15) is 0 Å². The molecule has 0 saturated carbocycles. The van der Waals surface area contributed by atoms with Gasteiger partial charge in [0, 0.05) is 19.5 Å². The molecular formula is C27H34N2O4. The number of carbonyl (C=O) groups is 2. The summed E-state index contributed by atoms with van der Waals surface area (Å²) in [6.45, 7) is 3.40.